The summed E-state index contributed by atoms with van der Waals surface area (Å²) in [5.74, 6) is -13.2. The molecule has 2 rings (SSSR count). The van der Waals surface area contributed by atoms with Gasteiger partial charge in [0.1, 0.15) is 48.3 Å². The van der Waals surface area contributed by atoms with E-state index in [0.717, 1.165) is 4.90 Å². The molecule has 80 heavy (non-hydrogen) atoms. The summed E-state index contributed by atoms with van der Waals surface area (Å²) in [6, 6.07) is -4.82. The topological polar surface area (TPSA) is 515 Å². The number of aliphatic hydroxyl groups is 1. The molecule has 1 aliphatic rings. The van der Waals surface area contributed by atoms with Crippen molar-refractivity contribution in [1.29, 1.82) is 0 Å². The van der Waals surface area contributed by atoms with Gasteiger partial charge in [-0.25, -0.2) is 4.79 Å². The Hall–Kier alpha value is -7.99. The highest BCUT2D eigenvalue weighted by Crippen LogP contribution is 2.21. The Bertz CT molecular complexity index is 2320. The van der Waals surface area contributed by atoms with Gasteiger partial charge in [0.25, 0.3) is 5.91 Å². The van der Waals surface area contributed by atoms with Gasteiger partial charge in [0, 0.05) is 38.6 Å². The van der Waals surface area contributed by atoms with Gasteiger partial charge in [0.2, 0.25) is 41.4 Å². The third-order valence-corrected chi connectivity index (χ3v) is 12.8. The lowest BCUT2D eigenvalue weighted by molar-refractivity contribution is -0.463. The van der Waals surface area contributed by atoms with Gasteiger partial charge in [-0.3, -0.25) is 69.2 Å². The number of hydrogen-bond donors (Lipinski definition) is 17. The van der Waals surface area contributed by atoms with E-state index in [9.17, 15) is 83.1 Å². The van der Waals surface area contributed by atoms with E-state index in [1.807, 2.05) is 0 Å². The zero-order valence-electron chi connectivity index (χ0n) is 45.2. The SMILES string of the molecule is CC(C)C[C@H](NC(=O)[C@H](CCC(=O)O)NC(=O)[C@@H]1CCCN1C(=O)[C@H](CCC(=O)O)NC(=O)[C@H](CCCC[NH3+])NC(=O)[C@H](CO)NC(=O)[C@H](Cc1ccccc1)NC(=O)[C@H](CCC(=O)O)NC(=O)[C@@H]([NH3+])CCC[NH+]=C(N)N)C(=O)O. The summed E-state index contributed by atoms with van der Waals surface area (Å²) >= 11 is 0. The number of nitrogens with zero attached hydrogens (tertiary/aromatic N) is 1. The Morgan fingerprint density at radius 2 is 1.09 bits per heavy atom. The van der Waals surface area contributed by atoms with Crippen molar-refractivity contribution in [2.45, 2.75) is 165 Å². The first-order valence-electron chi connectivity index (χ1n) is 26.5. The number of amides is 8. The highest BCUT2D eigenvalue weighted by molar-refractivity contribution is 5.98. The molecule has 0 radical (unpaired) electrons. The number of rotatable bonds is 38. The summed E-state index contributed by atoms with van der Waals surface area (Å²) in [7, 11) is 0. The number of unbranched alkanes of at least 4 members (excludes halogenated alkanes) is 1. The number of carboxylic acids is 4. The Balaban J connectivity index is 2.41. The Morgan fingerprint density at radius 1 is 0.613 bits per heavy atom. The summed E-state index contributed by atoms with van der Waals surface area (Å²) in [4.78, 5) is 161. The normalized spacial score (nSPS) is 15.9. The minimum Gasteiger partial charge on any atom is -0.481 e. The fourth-order valence-electron chi connectivity index (χ4n) is 8.47. The van der Waals surface area contributed by atoms with Gasteiger partial charge in [-0.05, 0) is 75.7 Å². The van der Waals surface area contributed by atoms with Crippen LogP contribution in [0.1, 0.15) is 109 Å². The molecule has 446 valence electrons. The predicted octanol–water partition coefficient (Wildman–Crippen LogP) is -7.51. The van der Waals surface area contributed by atoms with Gasteiger partial charge < -0.3 is 79.1 Å². The number of hydrogen-bond acceptors (Lipinski definition) is 13. The average Bonchev–Trinajstić information content (AvgIpc) is 3.90. The van der Waals surface area contributed by atoms with Gasteiger partial charge in [0.15, 0.2) is 6.04 Å². The summed E-state index contributed by atoms with van der Waals surface area (Å²) in [5, 5.41) is 65.7. The molecule has 30 nitrogen and oxygen atoms in total. The first-order valence-corrected chi connectivity index (χ1v) is 26.5. The highest BCUT2D eigenvalue weighted by Gasteiger charge is 2.41. The monoisotopic (exact) mass is 1140 g/mol. The minimum atomic E-state index is -1.79. The van der Waals surface area contributed by atoms with Crippen molar-refractivity contribution in [1.82, 2.24) is 42.1 Å². The molecule has 9 atom stereocenters. The molecule has 8 amide bonds. The molecule has 0 spiro atoms. The number of benzene rings is 1. The van der Waals surface area contributed by atoms with Crippen LogP contribution in [0.4, 0.5) is 0 Å². The second kappa shape index (κ2) is 35.5. The van der Waals surface area contributed by atoms with E-state index in [2.05, 4.69) is 53.7 Å². The second-order valence-corrected chi connectivity index (χ2v) is 19.8. The number of carbonyl (C=O) groups excluding carboxylic acids is 8. The Labute approximate surface area is 461 Å². The van der Waals surface area contributed by atoms with Crippen LogP contribution in [0.2, 0.25) is 0 Å². The molecule has 0 unspecified atom stereocenters. The molecule has 23 N–H and O–H groups in total. The van der Waals surface area contributed by atoms with Gasteiger partial charge in [-0.2, -0.15) is 0 Å². The van der Waals surface area contributed by atoms with E-state index < -0.39 is 171 Å². The van der Waals surface area contributed by atoms with Crippen molar-refractivity contribution in [2.24, 2.45) is 17.4 Å². The maximum absolute atomic E-state index is 14.3. The van der Waals surface area contributed by atoms with Gasteiger partial charge in [-0.1, -0.05) is 44.2 Å². The maximum atomic E-state index is 14.3. The quantitative estimate of drug-likeness (QED) is 0.0166. The molecule has 1 aromatic rings. The van der Waals surface area contributed by atoms with Crippen LogP contribution in [-0.2, 0) is 64.0 Å². The number of carbonyl (C=O) groups is 12. The van der Waals surface area contributed by atoms with E-state index in [1.54, 1.807) is 44.2 Å². The fourth-order valence-corrected chi connectivity index (χ4v) is 8.47. The molecule has 0 bridgehead atoms. The number of guanidine groups is 1. The first-order chi connectivity index (χ1) is 37.8. The fraction of sp³-hybridized carbons (Fsp3) is 0.620. The van der Waals surface area contributed by atoms with Gasteiger partial charge in [-0.15, -0.1) is 0 Å². The van der Waals surface area contributed by atoms with Crippen LogP contribution in [0.15, 0.2) is 30.3 Å². The average molecular weight is 1140 g/mol. The number of nitrogens with one attached hydrogen (secondary N) is 8. The van der Waals surface area contributed by atoms with E-state index in [1.165, 1.54) is 0 Å². The molecular formula is C50H82N13O17+3. The number of nitrogens with two attached hydrogens (primary N) is 2. The zero-order valence-corrected chi connectivity index (χ0v) is 45.2. The summed E-state index contributed by atoms with van der Waals surface area (Å²) in [6.07, 6.45) is -1.93. The number of quaternary nitrogens is 2. The lowest BCUT2D eigenvalue weighted by Crippen LogP contribution is -2.78. The van der Waals surface area contributed by atoms with Crippen molar-refractivity contribution < 1.29 is 99.5 Å². The van der Waals surface area contributed by atoms with Crippen LogP contribution in [0.3, 0.4) is 0 Å². The Morgan fingerprint density at radius 3 is 1.61 bits per heavy atom. The molecule has 0 saturated carbocycles. The lowest BCUT2D eigenvalue weighted by Gasteiger charge is -2.31. The lowest BCUT2D eigenvalue weighted by atomic mass is 10.0. The summed E-state index contributed by atoms with van der Waals surface area (Å²) < 4.78 is 0. The number of aliphatic carboxylic acids is 4. The number of carboxylic acid groups (broad SMARTS) is 4. The van der Waals surface area contributed by atoms with Crippen LogP contribution >= 0.6 is 0 Å². The minimum absolute atomic E-state index is 0.0143. The van der Waals surface area contributed by atoms with Crippen molar-refractivity contribution in [3.63, 3.8) is 0 Å². The van der Waals surface area contributed by atoms with Crippen LogP contribution in [0, 0.1) is 5.92 Å². The van der Waals surface area contributed by atoms with E-state index >= 15 is 0 Å². The molecule has 0 aliphatic carbocycles. The molecule has 1 aliphatic heterocycles. The van der Waals surface area contributed by atoms with Crippen molar-refractivity contribution in [3.8, 4) is 0 Å². The number of aliphatic hydroxyl groups excluding tert-OH is 1. The predicted molar refractivity (Wildman–Crippen MR) is 280 cm³/mol. The molecule has 30 heteroatoms. The van der Waals surface area contributed by atoms with Crippen molar-refractivity contribution in [3.05, 3.63) is 35.9 Å². The van der Waals surface area contributed by atoms with E-state index in [-0.39, 0.29) is 63.4 Å². The van der Waals surface area contributed by atoms with Gasteiger partial charge >= 0.3 is 29.8 Å². The standard InChI is InChI=1S/C50H79N13O17/c1-27(2)24-35(49(79)80)61-44(74)32(16-19-39(67)68)58-47(77)37-14-9-23-63(37)48(78)33(17-20-40(69)70)59-42(72)30(13-6-7-21-51)57-46(76)36(26-64)62-45(75)34(25-28-10-4-3-5-11-28)60-43(73)31(15-18-38(65)66)56-41(71)29(52)12-8-22-55-50(53)54/h3-5,10-11,27,29-37,64H,6-9,12-26,51-52H2,1-2H3,(H,56,71)(H,57,76)(H,58,77)(H,59,72)(H,60,73)(H,61,74)(H,62,75)(H,65,66)(H,67,68)(H,69,70)(H,79,80)(H4,53,54,55)/p+3/t29-,30-,31-,32-,33-,34-,35-,36-,37-/m0/s1. The van der Waals surface area contributed by atoms with Gasteiger partial charge in [0.05, 0.1) is 19.7 Å². The summed E-state index contributed by atoms with van der Waals surface area (Å²) in [5.41, 5.74) is 18.9. The molecule has 1 aromatic carbocycles. The first kappa shape index (κ1) is 68.1. The Kier molecular flexibility index (Phi) is 30.2. The van der Waals surface area contributed by atoms with Crippen LogP contribution in [-0.4, -0.2) is 188 Å². The smallest absolute Gasteiger partial charge is 0.338 e. The maximum Gasteiger partial charge on any atom is 0.338 e. The number of likely N-dealkylation sites (tertiary alicyclic amines) is 1. The van der Waals surface area contributed by atoms with Crippen molar-refractivity contribution >= 4 is 77.1 Å². The molecule has 1 saturated heterocycles. The largest absolute Gasteiger partial charge is 0.481 e. The molecular weight excluding hydrogens is 1050 g/mol. The zero-order chi connectivity index (χ0) is 60.1. The van der Waals surface area contributed by atoms with E-state index in [4.69, 9.17) is 11.5 Å². The van der Waals surface area contributed by atoms with Crippen LogP contribution < -0.4 is 65.1 Å². The third kappa shape index (κ3) is 25.2. The van der Waals surface area contributed by atoms with Crippen LogP contribution in [0.5, 0.6) is 0 Å². The summed E-state index contributed by atoms with van der Waals surface area (Å²) in [6.45, 7) is 3.01. The van der Waals surface area contributed by atoms with E-state index in [0.29, 0.717) is 31.5 Å². The second-order valence-electron chi connectivity index (χ2n) is 19.8. The molecule has 1 fully saturated rings. The van der Waals surface area contributed by atoms with Crippen LogP contribution in [0.25, 0.3) is 0 Å². The highest BCUT2D eigenvalue weighted by atomic mass is 16.4. The third-order valence-electron chi connectivity index (χ3n) is 12.8. The molecule has 0 aromatic heterocycles. The molecule has 1 heterocycles. The van der Waals surface area contributed by atoms with Crippen molar-refractivity contribution in [2.75, 3.05) is 26.2 Å².